The molecule has 0 N–H and O–H groups in total. The number of halogens is 2. The predicted octanol–water partition coefficient (Wildman–Crippen LogP) is 4.86. The number of aromatic nitrogens is 3. The Morgan fingerprint density at radius 1 is 1.10 bits per heavy atom. The average Bonchev–Trinajstić information content (AvgIpc) is 3.41. The zero-order valence-corrected chi connectivity index (χ0v) is 16.6. The Hall–Kier alpha value is -3.33. The van der Waals surface area contributed by atoms with Crippen molar-refractivity contribution < 1.29 is 22.5 Å². The SMILES string of the molecule is FC(F)Oc1ccccc1-c1noc(CN2CCCC(c3nc4ccccc4o3)C2)n1. The van der Waals surface area contributed by atoms with Gasteiger partial charge in [0, 0.05) is 12.5 Å². The molecule has 0 radical (unpaired) electrons. The first-order valence-electron chi connectivity index (χ1n) is 10.1. The second-order valence-corrected chi connectivity index (χ2v) is 7.48. The highest BCUT2D eigenvalue weighted by Gasteiger charge is 2.27. The molecule has 5 rings (SSSR count). The fourth-order valence-corrected chi connectivity index (χ4v) is 3.94. The molecule has 2 aromatic carbocycles. The molecule has 0 saturated carbocycles. The average molecular weight is 426 g/mol. The Labute approximate surface area is 176 Å². The van der Waals surface area contributed by atoms with Gasteiger partial charge in [-0.3, -0.25) is 4.90 Å². The van der Waals surface area contributed by atoms with E-state index in [9.17, 15) is 8.78 Å². The van der Waals surface area contributed by atoms with Crippen molar-refractivity contribution in [2.75, 3.05) is 13.1 Å². The lowest BCUT2D eigenvalue weighted by Gasteiger charge is -2.29. The minimum atomic E-state index is -2.93. The van der Waals surface area contributed by atoms with Crippen LogP contribution in [0.3, 0.4) is 0 Å². The normalized spacial score (nSPS) is 17.5. The Morgan fingerprint density at radius 3 is 2.81 bits per heavy atom. The molecule has 7 nitrogen and oxygen atoms in total. The highest BCUT2D eigenvalue weighted by Crippen LogP contribution is 2.31. The van der Waals surface area contributed by atoms with Crippen molar-refractivity contribution in [3.8, 4) is 17.1 Å². The number of oxazole rings is 1. The Morgan fingerprint density at radius 2 is 1.94 bits per heavy atom. The number of para-hydroxylation sites is 3. The van der Waals surface area contributed by atoms with Crippen LogP contribution < -0.4 is 4.74 Å². The van der Waals surface area contributed by atoms with E-state index in [1.165, 1.54) is 6.07 Å². The predicted molar refractivity (Wildman–Crippen MR) is 108 cm³/mol. The number of fused-ring (bicyclic) bond motifs is 1. The lowest BCUT2D eigenvalue weighted by Crippen LogP contribution is -2.34. The Balaban J connectivity index is 1.29. The van der Waals surface area contributed by atoms with Crippen LogP contribution in [0.5, 0.6) is 5.75 Å². The van der Waals surface area contributed by atoms with Crippen LogP contribution in [0.4, 0.5) is 8.78 Å². The summed E-state index contributed by atoms with van der Waals surface area (Å²) < 4.78 is 41.2. The van der Waals surface area contributed by atoms with E-state index in [2.05, 4.69) is 24.8 Å². The van der Waals surface area contributed by atoms with Crippen LogP contribution >= 0.6 is 0 Å². The topological polar surface area (TPSA) is 77.4 Å². The van der Waals surface area contributed by atoms with Crippen LogP contribution in [-0.2, 0) is 6.54 Å². The van der Waals surface area contributed by atoms with Gasteiger partial charge in [-0.1, -0.05) is 29.4 Å². The van der Waals surface area contributed by atoms with Gasteiger partial charge in [-0.05, 0) is 43.7 Å². The smallest absolute Gasteiger partial charge is 0.387 e. The molecule has 160 valence electrons. The lowest BCUT2D eigenvalue weighted by atomic mass is 9.98. The molecule has 0 bridgehead atoms. The monoisotopic (exact) mass is 426 g/mol. The third kappa shape index (κ3) is 4.27. The molecule has 31 heavy (non-hydrogen) atoms. The highest BCUT2D eigenvalue weighted by molar-refractivity contribution is 5.72. The van der Waals surface area contributed by atoms with Crippen LogP contribution in [0.1, 0.15) is 30.5 Å². The number of hydrogen-bond donors (Lipinski definition) is 0. The van der Waals surface area contributed by atoms with Gasteiger partial charge in [0.15, 0.2) is 11.5 Å². The first-order chi connectivity index (χ1) is 15.2. The van der Waals surface area contributed by atoms with Crippen molar-refractivity contribution in [3.05, 3.63) is 60.3 Å². The number of alkyl halides is 2. The minimum absolute atomic E-state index is 0.0128. The molecule has 1 unspecified atom stereocenters. The molecule has 9 heteroatoms. The zero-order chi connectivity index (χ0) is 21.2. The second kappa shape index (κ2) is 8.43. The van der Waals surface area contributed by atoms with Gasteiger partial charge < -0.3 is 13.7 Å². The molecule has 0 amide bonds. The van der Waals surface area contributed by atoms with E-state index in [0.717, 1.165) is 42.9 Å². The molecular formula is C22H20F2N4O3. The molecule has 1 saturated heterocycles. The summed E-state index contributed by atoms with van der Waals surface area (Å²) >= 11 is 0. The third-order valence-electron chi connectivity index (χ3n) is 5.34. The van der Waals surface area contributed by atoms with Gasteiger partial charge in [0.1, 0.15) is 11.3 Å². The number of rotatable bonds is 6. The Kier molecular flexibility index (Phi) is 5.33. The standard InChI is InChI=1S/C22H20F2N4O3/c23-22(24)30-17-9-3-1-7-15(17)20-26-19(31-27-20)13-28-11-5-6-14(12-28)21-25-16-8-2-4-10-18(16)29-21/h1-4,7-10,14,22H,5-6,11-13H2. The summed E-state index contributed by atoms with van der Waals surface area (Å²) in [5.74, 6) is 1.58. The minimum Gasteiger partial charge on any atom is -0.440 e. The first kappa shape index (κ1) is 19.6. The quantitative estimate of drug-likeness (QED) is 0.436. The van der Waals surface area contributed by atoms with Crippen LogP contribution in [0.25, 0.3) is 22.5 Å². The summed E-state index contributed by atoms with van der Waals surface area (Å²) in [6.07, 6.45) is 1.99. The number of benzene rings is 2. The maximum atomic E-state index is 12.7. The van der Waals surface area contributed by atoms with E-state index in [4.69, 9.17) is 8.94 Å². The third-order valence-corrected chi connectivity index (χ3v) is 5.34. The molecule has 4 aromatic rings. The largest absolute Gasteiger partial charge is 0.440 e. The lowest BCUT2D eigenvalue weighted by molar-refractivity contribution is -0.0494. The molecule has 1 atom stereocenters. The number of hydrogen-bond acceptors (Lipinski definition) is 7. The summed E-state index contributed by atoms with van der Waals surface area (Å²) in [5.41, 5.74) is 2.02. The van der Waals surface area contributed by atoms with Crippen molar-refractivity contribution in [3.63, 3.8) is 0 Å². The van der Waals surface area contributed by atoms with E-state index >= 15 is 0 Å². The van der Waals surface area contributed by atoms with Crippen molar-refractivity contribution >= 4 is 11.1 Å². The van der Waals surface area contributed by atoms with Gasteiger partial charge in [-0.25, -0.2) is 4.98 Å². The van der Waals surface area contributed by atoms with Gasteiger partial charge in [-0.15, -0.1) is 0 Å². The zero-order valence-electron chi connectivity index (χ0n) is 16.6. The van der Waals surface area contributed by atoms with Crippen LogP contribution in [0, 0.1) is 0 Å². The summed E-state index contributed by atoms with van der Waals surface area (Å²) in [5, 5.41) is 3.96. The van der Waals surface area contributed by atoms with Gasteiger partial charge in [0.25, 0.3) is 0 Å². The van der Waals surface area contributed by atoms with Crippen LogP contribution in [0.2, 0.25) is 0 Å². The van der Waals surface area contributed by atoms with E-state index in [-0.39, 0.29) is 17.5 Å². The molecule has 0 aliphatic carbocycles. The van der Waals surface area contributed by atoms with Crippen LogP contribution in [-0.4, -0.2) is 39.7 Å². The maximum absolute atomic E-state index is 12.7. The van der Waals surface area contributed by atoms with Crippen molar-refractivity contribution in [2.45, 2.75) is 31.9 Å². The summed E-state index contributed by atoms with van der Waals surface area (Å²) in [6.45, 7) is -0.818. The van der Waals surface area contributed by atoms with E-state index in [1.54, 1.807) is 18.2 Å². The fraction of sp³-hybridized carbons (Fsp3) is 0.318. The van der Waals surface area contributed by atoms with Crippen molar-refractivity contribution in [1.82, 2.24) is 20.0 Å². The van der Waals surface area contributed by atoms with Gasteiger partial charge >= 0.3 is 6.61 Å². The molecule has 0 spiro atoms. The highest BCUT2D eigenvalue weighted by atomic mass is 19.3. The summed E-state index contributed by atoms with van der Waals surface area (Å²) in [4.78, 5) is 11.2. The van der Waals surface area contributed by atoms with Crippen LogP contribution in [0.15, 0.2) is 57.5 Å². The van der Waals surface area contributed by atoms with Crippen molar-refractivity contribution in [1.29, 1.82) is 0 Å². The van der Waals surface area contributed by atoms with E-state index in [1.807, 2.05) is 24.3 Å². The molecule has 1 fully saturated rings. The molecule has 1 aliphatic heterocycles. The summed E-state index contributed by atoms with van der Waals surface area (Å²) in [7, 11) is 0. The van der Waals surface area contributed by atoms with Gasteiger partial charge in [-0.2, -0.15) is 13.8 Å². The number of nitrogens with zero attached hydrogens (tertiary/aromatic N) is 4. The van der Waals surface area contributed by atoms with Crippen molar-refractivity contribution in [2.24, 2.45) is 0 Å². The Bertz CT molecular complexity index is 1140. The molecule has 3 heterocycles. The summed E-state index contributed by atoms with van der Waals surface area (Å²) in [6, 6.07) is 14.1. The number of ether oxygens (including phenoxy) is 1. The fourth-order valence-electron chi connectivity index (χ4n) is 3.94. The number of piperidine rings is 1. The van der Waals surface area contributed by atoms with E-state index < -0.39 is 6.61 Å². The maximum Gasteiger partial charge on any atom is 0.387 e. The molecular weight excluding hydrogens is 406 g/mol. The number of likely N-dealkylation sites (tertiary alicyclic amines) is 1. The molecule has 1 aliphatic rings. The second-order valence-electron chi connectivity index (χ2n) is 7.48. The first-order valence-corrected chi connectivity index (χ1v) is 10.1. The molecule has 2 aromatic heterocycles. The van der Waals surface area contributed by atoms with Gasteiger partial charge in [0.2, 0.25) is 11.7 Å². The van der Waals surface area contributed by atoms with E-state index in [0.29, 0.717) is 18.0 Å². The van der Waals surface area contributed by atoms with Gasteiger partial charge in [0.05, 0.1) is 12.1 Å².